The lowest BCUT2D eigenvalue weighted by Crippen LogP contribution is -2.52. The van der Waals surface area contributed by atoms with Crippen LogP contribution in [0.15, 0.2) is 52.6 Å². The first-order valence-corrected chi connectivity index (χ1v) is 11.5. The van der Waals surface area contributed by atoms with E-state index in [9.17, 15) is 27.2 Å². The maximum atomic E-state index is 14.1. The SMILES string of the molecule is C[C@@H]1COCCN1c1cc(=O)n2c(n1)N(Cc1cccnc1F)[C@H](C(F)(F)F)CC2.O=c1ccnc[nH]1. The molecule has 1 fully saturated rings. The van der Waals surface area contributed by atoms with Crippen LogP contribution in [-0.2, 0) is 17.8 Å². The maximum absolute atomic E-state index is 14.1. The van der Waals surface area contributed by atoms with Gasteiger partial charge in [0, 0.05) is 43.2 Å². The molecule has 0 spiro atoms. The second-order valence-electron chi connectivity index (χ2n) is 8.55. The van der Waals surface area contributed by atoms with Gasteiger partial charge in [0.15, 0.2) is 0 Å². The Balaban J connectivity index is 0.000000396. The highest BCUT2D eigenvalue weighted by atomic mass is 19.4. The number of fused-ring (bicyclic) bond motifs is 1. The summed E-state index contributed by atoms with van der Waals surface area (Å²) in [6.07, 6.45) is -0.872. The Hall–Kier alpha value is -3.81. The van der Waals surface area contributed by atoms with Crippen molar-refractivity contribution in [2.24, 2.45) is 0 Å². The van der Waals surface area contributed by atoms with Crippen molar-refractivity contribution in [3.05, 3.63) is 75.2 Å². The normalized spacial score (nSPS) is 19.6. The van der Waals surface area contributed by atoms with Gasteiger partial charge in [0.2, 0.25) is 11.9 Å². The molecule has 0 saturated carbocycles. The summed E-state index contributed by atoms with van der Waals surface area (Å²) >= 11 is 0. The molecule has 1 saturated heterocycles. The average molecular weight is 523 g/mol. The fourth-order valence-electron chi connectivity index (χ4n) is 4.22. The van der Waals surface area contributed by atoms with E-state index in [0.29, 0.717) is 25.6 Å². The third-order valence-corrected chi connectivity index (χ3v) is 6.04. The molecule has 0 bridgehead atoms. The highest BCUT2D eigenvalue weighted by Crippen LogP contribution is 2.35. The van der Waals surface area contributed by atoms with Crippen molar-refractivity contribution in [2.75, 3.05) is 29.6 Å². The topological polar surface area (TPSA) is 109 Å². The highest BCUT2D eigenvalue weighted by Gasteiger charge is 2.47. The molecule has 0 amide bonds. The van der Waals surface area contributed by atoms with Crippen molar-refractivity contribution in [1.82, 2.24) is 24.5 Å². The minimum Gasteiger partial charge on any atom is -0.377 e. The number of hydrogen-bond acceptors (Lipinski definition) is 8. The first kappa shape index (κ1) is 26.3. The molecule has 5 heterocycles. The number of pyridine rings is 1. The van der Waals surface area contributed by atoms with E-state index in [1.165, 1.54) is 47.6 Å². The molecule has 0 aliphatic carbocycles. The molecule has 14 heteroatoms. The summed E-state index contributed by atoms with van der Waals surface area (Å²) in [5.74, 6) is -0.676. The molecular weight excluding hydrogens is 498 g/mol. The fraction of sp³-hybridized carbons (Fsp3) is 0.435. The van der Waals surface area contributed by atoms with Gasteiger partial charge in [0.1, 0.15) is 11.9 Å². The van der Waals surface area contributed by atoms with Crippen LogP contribution in [0.1, 0.15) is 18.9 Å². The Morgan fingerprint density at radius 1 is 1.19 bits per heavy atom. The van der Waals surface area contributed by atoms with E-state index in [4.69, 9.17) is 4.74 Å². The summed E-state index contributed by atoms with van der Waals surface area (Å²) in [6.45, 7) is 2.70. The monoisotopic (exact) mass is 523 g/mol. The summed E-state index contributed by atoms with van der Waals surface area (Å²) in [6, 6.07) is 3.56. The minimum atomic E-state index is -4.57. The lowest BCUT2D eigenvalue weighted by Gasteiger charge is -2.40. The minimum absolute atomic E-state index is 0.000377. The molecule has 1 N–H and O–H groups in total. The number of hydrogen-bond donors (Lipinski definition) is 1. The summed E-state index contributed by atoms with van der Waals surface area (Å²) < 4.78 is 62.2. The number of nitrogens with zero attached hydrogens (tertiary/aromatic N) is 6. The molecule has 0 aromatic carbocycles. The molecule has 10 nitrogen and oxygen atoms in total. The number of ether oxygens (including phenoxy) is 1. The van der Waals surface area contributed by atoms with Gasteiger partial charge in [0.25, 0.3) is 11.1 Å². The first-order valence-electron chi connectivity index (χ1n) is 11.5. The van der Waals surface area contributed by atoms with Gasteiger partial charge >= 0.3 is 6.18 Å². The lowest BCUT2D eigenvalue weighted by molar-refractivity contribution is -0.153. The Kier molecular flexibility index (Phi) is 7.86. The fourth-order valence-corrected chi connectivity index (χ4v) is 4.22. The van der Waals surface area contributed by atoms with Crippen LogP contribution in [-0.4, -0.2) is 62.5 Å². The van der Waals surface area contributed by atoms with Gasteiger partial charge in [-0.2, -0.15) is 22.5 Å². The van der Waals surface area contributed by atoms with Crippen LogP contribution < -0.4 is 20.9 Å². The first-order chi connectivity index (χ1) is 17.6. The van der Waals surface area contributed by atoms with E-state index in [2.05, 4.69) is 19.9 Å². The molecule has 0 radical (unpaired) electrons. The number of H-pyrrole nitrogens is 1. The third-order valence-electron chi connectivity index (χ3n) is 6.04. The number of morpholine rings is 1. The number of aromatic nitrogens is 5. The van der Waals surface area contributed by atoms with Crippen molar-refractivity contribution < 1.29 is 22.3 Å². The molecule has 2 atom stereocenters. The van der Waals surface area contributed by atoms with Gasteiger partial charge in [-0.3, -0.25) is 14.2 Å². The number of anilines is 2. The van der Waals surface area contributed by atoms with Crippen molar-refractivity contribution in [3.63, 3.8) is 0 Å². The number of aromatic amines is 1. The summed E-state index contributed by atoms with van der Waals surface area (Å²) in [4.78, 5) is 39.6. The summed E-state index contributed by atoms with van der Waals surface area (Å²) in [5, 5.41) is 0. The molecule has 2 aliphatic heterocycles. The van der Waals surface area contributed by atoms with Gasteiger partial charge in [-0.05, 0) is 19.4 Å². The van der Waals surface area contributed by atoms with Crippen molar-refractivity contribution in [2.45, 2.75) is 44.7 Å². The molecule has 3 aromatic heterocycles. The Labute approximate surface area is 208 Å². The van der Waals surface area contributed by atoms with Gasteiger partial charge in [-0.1, -0.05) is 6.07 Å². The van der Waals surface area contributed by atoms with Crippen LogP contribution in [0.4, 0.5) is 29.3 Å². The van der Waals surface area contributed by atoms with E-state index in [0.717, 1.165) is 4.90 Å². The standard InChI is InChI=1S/C19H21F4N5O2.C4H4N2O/c1-12-11-30-8-7-26(12)15-9-16(29)27-6-4-14(19(21,22)23)28(18(27)25-15)10-13-3-2-5-24-17(13)20;7-4-1-2-5-3-6-4/h2-3,5,9,12,14H,4,6-8,10-11H2,1H3;1-3H,(H,5,6,7)/t12-,14+;/m1./s1. The number of halogens is 4. The molecular formula is C23H25F4N7O3. The van der Waals surface area contributed by atoms with Gasteiger partial charge in [-0.15, -0.1) is 0 Å². The zero-order chi connectivity index (χ0) is 26.6. The smallest absolute Gasteiger partial charge is 0.377 e. The summed E-state index contributed by atoms with van der Waals surface area (Å²) in [5.41, 5.74) is -0.555. The molecule has 198 valence electrons. The van der Waals surface area contributed by atoms with Gasteiger partial charge < -0.3 is 19.5 Å². The molecule has 5 rings (SSSR count). The van der Waals surface area contributed by atoms with E-state index < -0.39 is 30.3 Å². The Bertz CT molecular complexity index is 1310. The van der Waals surface area contributed by atoms with Crippen LogP contribution >= 0.6 is 0 Å². The van der Waals surface area contributed by atoms with Crippen LogP contribution in [0.2, 0.25) is 0 Å². The van der Waals surface area contributed by atoms with Crippen molar-refractivity contribution in [1.29, 1.82) is 0 Å². The maximum Gasteiger partial charge on any atom is 0.408 e. The highest BCUT2D eigenvalue weighted by molar-refractivity contribution is 5.48. The predicted molar refractivity (Wildman–Crippen MR) is 126 cm³/mol. The van der Waals surface area contributed by atoms with E-state index >= 15 is 0 Å². The quantitative estimate of drug-likeness (QED) is 0.411. The molecule has 37 heavy (non-hydrogen) atoms. The summed E-state index contributed by atoms with van der Waals surface area (Å²) in [7, 11) is 0. The van der Waals surface area contributed by atoms with Crippen molar-refractivity contribution >= 4 is 11.8 Å². The van der Waals surface area contributed by atoms with E-state index in [-0.39, 0.29) is 36.1 Å². The largest absolute Gasteiger partial charge is 0.408 e. The van der Waals surface area contributed by atoms with E-state index in [1.54, 1.807) is 0 Å². The lowest BCUT2D eigenvalue weighted by atomic mass is 10.1. The Morgan fingerprint density at radius 3 is 2.62 bits per heavy atom. The second kappa shape index (κ2) is 11.1. The molecule has 3 aromatic rings. The zero-order valence-electron chi connectivity index (χ0n) is 19.9. The molecule has 0 unspecified atom stereocenters. The van der Waals surface area contributed by atoms with Crippen LogP contribution in [0, 0.1) is 5.95 Å². The molecule has 2 aliphatic rings. The van der Waals surface area contributed by atoms with Crippen LogP contribution in [0.5, 0.6) is 0 Å². The van der Waals surface area contributed by atoms with Gasteiger partial charge in [-0.25, -0.2) is 9.97 Å². The average Bonchev–Trinajstić information content (AvgIpc) is 2.86. The number of alkyl halides is 3. The Morgan fingerprint density at radius 2 is 2.00 bits per heavy atom. The van der Waals surface area contributed by atoms with Gasteiger partial charge in [0.05, 0.1) is 32.1 Å². The number of nitrogens with one attached hydrogen (secondary N) is 1. The third kappa shape index (κ3) is 6.13. The van der Waals surface area contributed by atoms with Crippen molar-refractivity contribution in [3.8, 4) is 0 Å². The van der Waals surface area contributed by atoms with E-state index in [1.807, 2.05) is 11.8 Å². The predicted octanol–water partition coefficient (Wildman–Crippen LogP) is 2.11. The van der Waals surface area contributed by atoms with Crippen LogP contribution in [0.3, 0.4) is 0 Å². The second-order valence-corrected chi connectivity index (χ2v) is 8.55. The zero-order valence-corrected chi connectivity index (χ0v) is 19.9. The number of rotatable bonds is 3. The van der Waals surface area contributed by atoms with Crippen LogP contribution in [0.25, 0.3) is 0 Å².